The molecule has 0 spiro atoms. The topological polar surface area (TPSA) is 171 Å². The molecule has 0 aromatic heterocycles. The maximum Gasteiger partial charge on any atom is 0.338 e. The lowest BCUT2D eigenvalue weighted by molar-refractivity contribution is 0.0471. The number of anilines is 3. The van der Waals surface area contributed by atoms with Crippen LogP contribution in [-0.2, 0) is 34.5 Å². The van der Waals surface area contributed by atoms with E-state index < -0.39 is 32.5 Å². The molecule has 3 saturated heterocycles. The van der Waals surface area contributed by atoms with Crippen LogP contribution in [0.25, 0.3) is 0 Å². The molecule has 0 bridgehead atoms. The van der Waals surface area contributed by atoms with E-state index in [0.29, 0.717) is 54.5 Å². The average Bonchev–Trinajstić information content (AvgIpc) is 3.35. The zero-order chi connectivity index (χ0) is 49.9. The third-order valence-corrected chi connectivity index (χ3v) is 14.7. The van der Waals surface area contributed by atoms with E-state index in [4.69, 9.17) is 9.88 Å². The van der Waals surface area contributed by atoms with Gasteiger partial charge in [0.1, 0.15) is 35.3 Å². The molecule has 0 saturated carbocycles. The van der Waals surface area contributed by atoms with Crippen molar-refractivity contribution in [2.45, 2.75) is 52.3 Å². The van der Waals surface area contributed by atoms with E-state index in [2.05, 4.69) is 38.7 Å². The summed E-state index contributed by atoms with van der Waals surface area (Å²) < 4.78 is 58.6. The van der Waals surface area contributed by atoms with Gasteiger partial charge < -0.3 is 24.3 Å². The first-order valence-corrected chi connectivity index (χ1v) is 25.0. The summed E-state index contributed by atoms with van der Waals surface area (Å²) in [6, 6.07) is 27.3. The summed E-state index contributed by atoms with van der Waals surface area (Å²) in [5.41, 5.74) is 10.6. The summed E-state index contributed by atoms with van der Waals surface area (Å²) in [6.07, 6.45) is 0. The van der Waals surface area contributed by atoms with Crippen molar-refractivity contribution >= 4 is 39.0 Å². The monoisotopic (exact) mass is 969 g/mol. The molecule has 5 aromatic rings. The number of piperazine rings is 3. The summed E-state index contributed by atoms with van der Waals surface area (Å²) in [7, 11) is -4.43. The van der Waals surface area contributed by atoms with Crippen LogP contribution in [0.15, 0.2) is 83.8 Å². The number of nitriles is 2. The van der Waals surface area contributed by atoms with Gasteiger partial charge in [-0.1, -0.05) is 30.3 Å². The Morgan fingerprint density at radius 2 is 1.11 bits per heavy atom. The number of carbonyl (C=O) groups is 2. The van der Waals surface area contributed by atoms with Gasteiger partial charge in [-0.2, -0.15) is 10.5 Å². The number of halogens is 2. The van der Waals surface area contributed by atoms with Gasteiger partial charge in [0.15, 0.2) is 0 Å². The minimum Gasteiger partial charge on any atom is -0.457 e. The zero-order valence-corrected chi connectivity index (χ0v) is 40.8. The van der Waals surface area contributed by atoms with E-state index in [0.717, 1.165) is 95.7 Å². The third kappa shape index (κ3) is 10.9. The fourth-order valence-corrected chi connectivity index (χ4v) is 10.4. The molecule has 2 N–H and O–H groups in total. The maximum absolute atomic E-state index is 14.9. The lowest BCUT2D eigenvalue weighted by Crippen LogP contribution is -2.49. The SMILES string of the molecule is Cc1cc(C)c(C(=O)OCc2ccc(N3CCN(Cc4cc(C(=O)N5CCN(c6cc(F)c(S(N)(=O)=O)cc6F)CC5)c(C)cc4C)CC3)c(C#N)c2)cc1CN1CCN(c2ccccc2C#N)CC1. The number of benzene rings is 5. The van der Waals surface area contributed by atoms with Gasteiger partial charge >= 0.3 is 5.97 Å². The quantitative estimate of drug-likeness (QED) is 0.134. The molecule has 1 amide bonds. The second kappa shape index (κ2) is 21.0. The molecule has 70 heavy (non-hydrogen) atoms. The molecule has 0 radical (unpaired) electrons. The number of rotatable bonds is 12. The molecule has 0 atom stereocenters. The van der Waals surface area contributed by atoms with Crippen LogP contribution in [0.1, 0.15) is 70.8 Å². The molecule has 3 aliphatic rings. The summed E-state index contributed by atoms with van der Waals surface area (Å²) in [6.45, 7) is 16.3. The first-order valence-electron chi connectivity index (χ1n) is 23.4. The maximum atomic E-state index is 14.9. The number of aryl methyl sites for hydroxylation is 4. The molecule has 0 unspecified atom stereocenters. The number of carbonyl (C=O) groups excluding carboxylic acids is 2. The number of nitrogens with two attached hydrogens (primary N) is 1. The van der Waals surface area contributed by atoms with Gasteiger partial charge in [0.25, 0.3) is 5.91 Å². The van der Waals surface area contributed by atoms with Gasteiger partial charge in [-0.25, -0.2) is 27.1 Å². The number of para-hydroxylation sites is 1. The van der Waals surface area contributed by atoms with Crippen molar-refractivity contribution in [2.24, 2.45) is 5.14 Å². The first kappa shape index (κ1) is 49.5. The van der Waals surface area contributed by atoms with E-state index in [-0.39, 0.29) is 44.4 Å². The minimum atomic E-state index is -4.43. The van der Waals surface area contributed by atoms with Crippen molar-refractivity contribution in [1.82, 2.24) is 14.7 Å². The standard InChI is InChI=1S/C53H57F2N9O5S/c1-35-23-37(3)44(52(65)64-21-19-63(20-22-64)50-28-47(55)51(29-46(50)54)70(58,67)68)26-42(35)32-59-13-17-62(18-14-59)49-10-9-39(25-41(49)31-57)34-69-53(66)45-27-43(36(2)24-38(45)4)33-60-11-15-61(16-12-60)48-8-6-5-7-40(48)30-56/h5-10,23-29H,11-22,32-34H2,1-4H3,(H2,58,67,68). The van der Waals surface area contributed by atoms with Crippen LogP contribution in [0.2, 0.25) is 0 Å². The number of hydrogen-bond donors (Lipinski definition) is 1. The van der Waals surface area contributed by atoms with E-state index in [9.17, 15) is 37.3 Å². The Morgan fingerprint density at radius 1 is 0.600 bits per heavy atom. The van der Waals surface area contributed by atoms with Crippen LogP contribution < -0.4 is 19.8 Å². The lowest BCUT2D eigenvalue weighted by Gasteiger charge is -2.37. The molecule has 3 heterocycles. The van der Waals surface area contributed by atoms with Gasteiger partial charge in [0.2, 0.25) is 10.0 Å². The molecule has 8 rings (SSSR count). The summed E-state index contributed by atoms with van der Waals surface area (Å²) in [5, 5.41) is 24.8. The van der Waals surface area contributed by atoms with Gasteiger partial charge in [-0.3, -0.25) is 14.6 Å². The number of sulfonamides is 1. The number of nitrogens with zero attached hydrogens (tertiary/aromatic N) is 8. The fourth-order valence-electron chi connectivity index (χ4n) is 9.77. The smallest absolute Gasteiger partial charge is 0.338 e. The highest BCUT2D eigenvalue weighted by Gasteiger charge is 2.29. The van der Waals surface area contributed by atoms with Crippen molar-refractivity contribution in [3.8, 4) is 12.1 Å². The second-order valence-electron chi connectivity index (χ2n) is 18.4. The Hall–Kier alpha value is -6.89. The van der Waals surface area contributed by atoms with E-state index >= 15 is 0 Å². The normalized spacial score (nSPS) is 16.0. The minimum absolute atomic E-state index is 0.0218. The molecule has 17 heteroatoms. The number of amides is 1. The Bertz CT molecular complexity index is 3020. The van der Waals surface area contributed by atoms with Crippen LogP contribution in [0, 0.1) is 62.0 Å². The van der Waals surface area contributed by atoms with Gasteiger partial charge in [0.05, 0.1) is 33.8 Å². The van der Waals surface area contributed by atoms with Crippen LogP contribution >= 0.6 is 0 Å². The van der Waals surface area contributed by atoms with Crippen LogP contribution in [0.5, 0.6) is 0 Å². The van der Waals surface area contributed by atoms with E-state index in [1.165, 1.54) is 0 Å². The molecule has 0 aliphatic carbocycles. The molecule has 364 valence electrons. The van der Waals surface area contributed by atoms with Crippen LogP contribution in [0.4, 0.5) is 25.8 Å². The van der Waals surface area contributed by atoms with Gasteiger partial charge in [0, 0.05) is 103 Å². The fraction of sp³-hybridized carbons (Fsp3) is 0.358. The largest absolute Gasteiger partial charge is 0.457 e. The van der Waals surface area contributed by atoms with Crippen LogP contribution in [-0.4, -0.2) is 114 Å². The number of hydrogen-bond acceptors (Lipinski definition) is 12. The molecular formula is C53H57F2N9O5S. The second-order valence-corrected chi connectivity index (χ2v) is 20.0. The molecule has 3 fully saturated rings. The number of primary sulfonamides is 1. The predicted molar refractivity (Wildman–Crippen MR) is 264 cm³/mol. The summed E-state index contributed by atoms with van der Waals surface area (Å²) >= 11 is 0. The van der Waals surface area contributed by atoms with Crippen molar-refractivity contribution in [3.05, 3.63) is 152 Å². The zero-order valence-electron chi connectivity index (χ0n) is 40.0. The van der Waals surface area contributed by atoms with Crippen molar-refractivity contribution in [3.63, 3.8) is 0 Å². The summed E-state index contributed by atoms with van der Waals surface area (Å²) in [5.74, 6) is -2.62. The van der Waals surface area contributed by atoms with Crippen LogP contribution in [0.3, 0.4) is 0 Å². The van der Waals surface area contributed by atoms with Crippen molar-refractivity contribution in [2.75, 3.05) is 93.2 Å². The van der Waals surface area contributed by atoms with E-state index in [1.807, 2.05) is 81.4 Å². The summed E-state index contributed by atoms with van der Waals surface area (Å²) in [4.78, 5) is 38.9. The highest BCUT2D eigenvalue weighted by Crippen LogP contribution is 2.30. The molecule has 14 nitrogen and oxygen atoms in total. The number of esters is 1. The third-order valence-electron chi connectivity index (χ3n) is 13.8. The number of ether oxygens (including phenoxy) is 1. The van der Waals surface area contributed by atoms with E-state index in [1.54, 1.807) is 15.9 Å². The molecular weight excluding hydrogens is 913 g/mol. The highest BCUT2D eigenvalue weighted by molar-refractivity contribution is 7.89. The Kier molecular flexibility index (Phi) is 14.9. The van der Waals surface area contributed by atoms with Gasteiger partial charge in [-0.15, -0.1) is 0 Å². The van der Waals surface area contributed by atoms with Crippen molar-refractivity contribution in [1.29, 1.82) is 10.5 Å². The van der Waals surface area contributed by atoms with Gasteiger partial charge in [-0.05, 0) is 109 Å². The Morgan fingerprint density at radius 3 is 1.69 bits per heavy atom. The average molecular weight is 970 g/mol. The Balaban J connectivity index is 0.833. The molecule has 3 aliphatic heterocycles. The lowest BCUT2D eigenvalue weighted by atomic mass is 9.98. The molecule has 5 aromatic carbocycles. The first-order chi connectivity index (χ1) is 33.5. The predicted octanol–water partition coefficient (Wildman–Crippen LogP) is 6.55. The Labute approximate surface area is 408 Å². The van der Waals surface area contributed by atoms with Crippen molar-refractivity contribution < 1.29 is 31.5 Å². The highest BCUT2D eigenvalue weighted by atomic mass is 32.2.